The lowest BCUT2D eigenvalue weighted by molar-refractivity contribution is 0.349. The molecule has 0 aliphatic heterocycles. The van der Waals surface area contributed by atoms with Gasteiger partial charge in [-0.1, -0.05) is 37.9 Å². The Bertz CT molecular complexity index is 507. The number of rotatable bonds is 6. The minimum atomic E-state index is 0.363. The summed E-state index contributed by atoms with van der Waals surface area (Å²) in [6, 6.07) is 5.78. The summed E-state index contributed by atoms with van der Waals surface area (Å²) in [5.41, 5.74) is 7.65. The highest BCUT2D eigenvalue weighted by atomic mass is 16.5. The zero-order chi connectivity index (χ0) is 13.7. The summed E-state index contributed by atoms with van der Waals surface area (Å²) in [6.07, 6.45) is 6.24. The molecule has 0 spiro atoms. The number of hydrogen-bond acceptors (Lipinski definition) is 4. The Morgan fingerprint density at radius 1 is 1.32 bits per heavy atom. The van der Waals surface area contributed by atoms with Crippen LogP contribution in [0.3, 0.4) is 0 Å². The molecule has 4 heteroatoms. The first-order valence-corrected chi connectivity index (χ1v) is 6.94. The predicted molar refractivity (Wildman–Crippen MR) is 76.7 cm³/mol. The van der Waals surface area contributed by atoms with Crippen molar-refractivity contribution in [3.8, 4) is 11.3 Å². The van der Waals surface area contributed by atoms with Crippen LogP contribution >= 0.6 is 0 Å². The molecule has 2 rings (SSSR count). The molecule has 0 fully saturated rings. The van der Waals surface area contributed by atoms with Gasteiger partial charge in [-0.25, -0.2) is 0 Å². The van der Waals surface area contributed by atoms with Crippen LogP contribution in [-0.2, 0) is 0 Å². The van der Waals surface area contributed by atoms with E-state index in [1.54, 1.807) is 6.20 Å². The molecular formula is C15H21N3O. The molecular weight excluding hydrogens is 238 g/mol. The molecule has 0 saturated carbocycles. The van der Waals surface area contributed by atoms with Crippen molar-refractivity contribution in [3.63, 3.8) is 0 Å². The molecule has 19 heavy (non-hydrogen) atoms. The Hall–Kier alpha value is -1.84. The molecule has 0 amide bonds. The van der Waals surface area contributed by atoms with Crippen LogP contribution in [0.25, 0.3) is 11.3 Å². The molecule has 0 radical (unpaired) electrons. The molecule has 2 aromatic rings. The molecule has 0 aliphatic carbocycles. The molecule has 2 aromatic heterocycles. The third-order valence-electron chi connectivity index (χ3n) is 3.44. The van der Waals surface area contributed by atoms with E-state index >= 15 is 0 Å². The first-order valence-electron chi connectivity index (χ1n) is 6.94. The highest BCUT2D eigenvalue weighted by molar-refractivity contribution is 5.73. The zero-order valence-electron chi connectivity index (χ0n) is 11.6. The molecule has 4 nitrogen and oxygen atoms in total. The summed E-state index contributed by atoms with van der Waals surface area (Å²) in [5.74, 6) is 1.68. The van der Waals surface area contributed by atoms with Crippen LogP contribution in [-0.4, -0.2) is 10.1 Å². The number of nitrogen functional groups attached to an aromatic ring is 1. The van der Waals surface area contributed by atoms with Gasteiger partial charge in [0, 0.05) is 12.1 Å². The van der Waals surface area contributed by atoms with Crippen LogP contribution in [0.4, 0.5) is 5.82 Å². The van der Waals surface area contributed by atoms with Gasteiger partial charge in [-0.3, -0.25) is 4.98 Å². The number of aromatic nitrogens is 2. The second-order valence-electron chi connectivity index (χ2n) is 4.77. The molecule has 0 aromatic carbocycles. The first-order chi connectivity index (χ1) is 9.27. The highest BCUT2D eigenvalue weighted by Crippen LogP contribution is 2.36. The van der Waals surface area contributed by atoms with E-state index in [9.17, 15) is 0 Å². The topological polar surface area (TPSA) is 64.9 Å². The molecule has 102 valence electrons. The van der Waals surface area contributed by atoms with Crippen LogP contribution in [0.5, 0.6) is 0 Å². The maximum atomic E-state index is 5.95. The lowest BCUT2D eigenvalue weighted by Crippen LogP contribution is -1.99. The minimum absolute atomic E-state index is 0.363. The van der Waals surface area contributed by atoms with E-state index in [1.165, 1.54) is 12.8 Å². The third kappa shape index (κ3) is 2.95. The van der Waals surface area contributed by atoms with Gasteiger partial charge in [0.2, 0.25) is 0 Å². The fourth-order valence-corrected chi connectivity index (χ4v) is 2.33. The molecule has 0 aliphatic rings. The van der Waals surface area contributed by atoms with Gasteiger partial charge in [0.15, 0.2) is 11.6 Å². The van der Waals surface area contributed by atoms with Crippen molar-refractivity contribution in [3.05, 3.63) is 30.2 Å². The molecule has 1 atom stereocenters. The van der Waals surface area contributed by atoms with Crippen molar-refractivity contribution < 1.29 is 4.52 Å². The molecule has 2 heterocycles. The minimum Gasteiger partial charge on any atom is -0.380 e. The average molecular weight is 259 g/mol. The predicted octanol–water partition coefficient (Wildman–Crippen LogP) is 4.00. The fraction of sp³-hybridized carbons (Fsp3) is 0.467. The van der Waals surface area contributed by atoms with E-state index in [0.717, 1.165) is 29.9 Å². The lowest BCUT2D eigenvalue weighted by Gasteiger charge is -2.12. The quantitative estimate of drug-likeness (QED) is 0.851. The van der Waals surface area contributed by atoms with Crippen LogP contribution in [0, 0.1) is 0 Å². The lowest BCUT2D eigenvalue weighted by atomic mass is 9.93. The van der Waals surface area contributed by atoms with Gasteiger partial charge in [-0.2, -0.15) is 0 Å². The maximum absolute atomic E-state index is 5.95. The number of hydrogen-bond donors (Lipinski definition) is 1. The summed E-state index contributed by atoms with van der Waals surface area (Å²) in [4.78, 5) is 4.36. The number of unbranched alkanes of at least 4 members (excludes halogenated alkanes) is 1. The van der Waals surface area contributed by atoms with Crippen molar-refractivity contribution in [2.45, 2.75) is 45.4 Å². The highest BCUT2D eigenvalue weighted by Gasteiger charge is 2.23. The summed E-state index contributed by atoms with van der Waals surface area (Å²) >= 11 is 0. The van der Waals surface area contributed by atoms with Crippen LogP contribution in [0.2, 0.25) is 0 Å². The molecule has 0 bridgehead atoms. The smallest absolute Gasteiger partial charge is 0.176 e. The van der Waals surface area contributed by atoms with Crippen molar-refractivity contribution >= 4 is 5.82 Å². The SMILES string of the molecule is CCCCC(CC)c1onc(N)c1-c1ccccn1. The van der Waals surface area contributed by atoms with Crippen LogP contribution < -0.4 is 5.73 Å². The van der Waals surface area contributed by atoms with Gasteiger partial charge in [-0.05, 0) is 25.0 Å². The third-order valence-corrected chi connectivity index (χ3v) is 3.44. The Morgan fingerprint density at radius 2 is 2.16 bits per heavy atom. The van der Waals surface area contributed by atoms with E-state index in [1.807, 2.05) is 18.2 Å². The van der Waals surface area contributed by atoms with E-state index in [0.29, 0.717) is 11.7 Å². The van der Waals surface area contributed by atoms with Crippen molar-refractivity contribution in [2.75, 3.05) is 5.73 Å². The monoisotopic (exact) mass is 259 g/mol. The van der Waals surface area contributed by atoms with Gasteiger partial charge in [-0.15, -0.1) is 0 Å². The Balaban J connectivity index is 2.36. The number of nitrogens with zero attached hydrogens (tertiary/aromatic N) is 2. The van der Waals surface area contributed by atoms with Crippen molar-refractivity contribution in [1.29, 1.82) is 0 Å². The Labute approximate surface area is 114 Å². The van der Waals surface area contributed by atoms with Gasteiger partial charge in [0.25, 0.3) is 0 Å². The van der Waals surface area contributed by atoms with Crippen LogP contribution in [0.1, 0.15) is 51.2 Å². The average Bonchev–Trinajstić information content (AvgIpc) is 2.83. The standard InChI is InChI=1S/C15H21N3O/c1-3-5-8-11(4-2)14-13(15(16)18-19-14)12-9-6-7-10-17-12/h6-7,9-11H,3-5,8H2,1-2H3,(H2,16,18). The van der Waals surface area contributed by atoms with Gasteiger partial charge in [0.05, 0.1) is 11.3 Å². The Morgan fingerprint density at radius 3 is 2.79 bits per heavy atom. The summed E-state index contributed by atoms with van der Waals surface area (Å²) in [5, 5.41) is 3.93. The zero-order valence-corrected chi connectivity index (χ0v) is 11.6. The normalized spacial score (nSPS) is 12.5. The van der Waals surface area contributed by atoms with Gasteiger partial charge < -0.3 is 10.3 Å². The fourth-order valence-electron chi connectivity index (χ4n) is 2.33. The summed E-state index contributed by atoms with van der Waals surface area (Å²) < 4.78 is 5.48. The second-order valence-corrected chi connectivity index (χ2v) is 4.77. The van der Waals surface area contributed by atoms with E-state index in [-0.39, 0.29) is 0 Å². The van der Waals surface area contributed by atoms with Gasteiger partial charge >= 0.3 is 0 Å². The number of nitrogens with two attached hydrogens (primary N) is 1. The first kappa shape index (κ1) is 13.6. The van der Waals surface area contributed by atoms with Gasteiger partial charge in [0.1, 0.15) is 0 Å². The van der Waals surface area contributed by atoms with E-state index in [4.69, 9.17) is 10.3 Å². The Kier molecular flexibility index (Phi) is 4.55. The number of pyridine rings is 1. The van der Waals surface area contributed by atoms with Crippen molar-refractivity contribution in [1.82, 2.24) is 10.1 Å². The summed E-state index contributed by atoms with van der Waals surface area (Å²) in [7, 11) is 0. The molecule has 2 N–H and O–H groups in total. The van der Waals surface area contributed by atoms with E-state index in [2.05, 4.69) is 24.0 Å². The van der Waals surface area contributed by atoms with Crippen LogP contribution in [0.15, 0.2) is 28.9 Å². The number of anilines is 1. The van der Waals surface area contributed by atoms with Crippen molar-refractivity contribution in [2.24, 2.45) is 0 Å². The molecule has 0 saturated heterocycles. The summed E-state index contributed by atoms with van der Waals surface area (Å²) in [6.45, 7) is 4.36. The maximum Gasteiger partial charge on any atom is 0.176 e. The molecule has 1 unspecified atom stereocenters. The van der Waals surface area contributed by atoms with E-state index < -0.39 is 0 Å². The second kappa shape index (κ2) is 6.36. The largest absolute Gasteiger partial charge is 0.380 e.